The van der Waals surface area contributed by atoms with Crippen molar-refractivity contribution in [3.05, 3.63) is 29.8 Å². The second-order valence-electron chi connectivity index (χ2n) is 6.27. The Hall–Kier alpha value is -1.00. The van der Waals surface area contributed by atoms with Crippen LogP contribution in [0.5, 0.6) is 0 Å². The third-order valence-electron chi connectivity index (χ3n) is 4.25. The van der Waals surface area contributed by atoms with Crippen LogP contribution >= 0.6 is 11.8 Å². The Bertz CT molecular complexity index is 464. The minimum absolute atomic E-state index is 0.0211. The van der Waals surface area contributed by atoms with Crippen LogP contribution in [0, 0.1) is 0 Å². The molecule has 3 nitrogen and oxygen atoms in total. The number of nitrogens with one attached hydrogen (secondary N) is 1. The van der Waals surface area contributed by atoms with Crippen LogP contribution in [0.15, 0.2) is 29.2 Å². The van der Waals surface area contributed by atoms with Crippen molar-refractivity contribution in [3.63, 3.8) is 0 Å². The lowest BCUT2D eigenvalue weighted by Crippen LogP contribution is -2.53. The third kappa shape index (κ3) is 4.48. The van der Waals surface area contributed by atoms with Gasteiger partial charge >= 0.3 is 0 Å². The number of likely N-dealkylation sites (tertiary alicyclic amines) is 1. The largest absolute Gasteiger partial charge is 0.350 e. The number of rotatable bonds is 5. The van der Waals surface area contributed by atoms with E-state index in [4.69, 9.17) is 0 Å². The van der Waals surface area contributed by atoms with Crippen LogP contribution < -0.4 is 5.32 Å². The molecule has 0 atom stereocenters. The molecule has 2 rings (SSSR count). The summed E-state index contributed by atoms with van der Waals surface area (Å²) in [5.74, 6) is 0.0211. The Labute approximate surface area is 132 Å². The summed E-state index contributed by atoms with van der Waals surface area (Å²) in [6.07, 6.45) is 5.91. The number of thioether (sulfide) groups is 1. The maximum Gasteiger partial charge on any atom is 0.251 e. The van der Waals surface area contributed by atoms with Crippen molar-refractivity contribution in [2.75, 3.05) is 25.9 Å². The van der Waals surface area contributed by atoms with E-state index in [1.54, 1.807) is 11.8 Å². The van der Waals surface area contributed by atoms with Gasteiger partial charge in [0.15, 0.2) is 0 Å². The summed E-state index contributed by atoms with van der Waals surface area (Å²) in [5.41, 5.74) is 0.761. The normalized spacial score (nSPS) is 16.7. The molecule has 0 unspecified atom stereocenters. The molecule has 1 aliphatic rings. The average molecular weight is 306 g/mol. The number of hydrogen-bond donors (Lipinski definition) is 1. The van der Waals surface area contributed by atoms with Crippen LogP contribution in [0.2, 0.25) is 0 Å². The van der Waals surface area contributed by atoms with E-state index in [0.717, 1.165) is 18.7 Å². The van der Waals surface area contributed by atoms with Gasteiger partial charge in [-0.3, -0.25) is 9.69 Å². The van der Waals surface area contributed by atoms with Gasteiger partial charge in [0.2, 0.25) is 0 Å². The van der Waals surface area contributed by atoms with Crippen LogP contribution in [0.4, 0.5) is 0 Å². The van der Waals surface area contributed by atoms with Crippen LogP contribution in [0.25, 0.3) is 0 Å². The van der Waals surface area contributed by atoms with E-state index in [9.17, 15) is 4.79 Å². The zero-order chi connectivity index (χ0) is 15.3. The molecule has 1 aromatic rings. The minimum atomic E-state index is 0.0211. The second kappa shape index (κ2) is 7.32. The summed E-state index contributed by atoms with van der Waals surface area (Å²) in [7, 11) is 0. The molecule has 116 valence electrons. The Morgan fingerprint density at radius 1 is 1.19 bits per heavy atom. The van der Waals surface area contributed by atoms with Gasteiger partial charge in [0, 0.05) is 22.5 Å². The predicted octanol–water partition coefficient (Wildman–Crippen LogP) is 3.40. The van der Waals surface area contributed by atoms with Gasteiger partial charge in [0.1, 0.15) is 0 Å². The molecule has 0 radical (unpaired) electrons. The Morgan fingerprint density at radius 3 is 2.38 bits per heavy atom. The van der Waals surface area contributed by atoms with E-state index >= 15 is 0 Å². The Balaban J connectivity index is 1.89. The van der Waals surface area contributed by atoms with Crippen molar-refractivity contribution in [3.8, 4) is 0 Å². The summed E-state index contributed by atoms with van der Waals surface area (Å²) in [6, 6.07) is 7.79. The van der Waals surface area contributed by atoms with Crippen LogP contribution in [-0.2, 0) is 0 Å². The summed E-state index contributed by atoms with van der Waals surface area (Å²) < 4.78 is 0. The predicted molar refractivity (Wildman–Crippen MR) is 90.1 cm³/mol. The molecular weight excluding hydrogens is 280 g/mol. The van der Waals surface area contributed by atoms with Crippen molar-refractivity contribution in [1.82, 2.24) is 10.2 Å². The Kier molecular flexibility index (Phi) is 5.71. The Morgan fingerprint density at radius 2 is 1.81 bits per heavy atom. The van der Waals surface area contributed by atoms with Gasteiger partial charge < -0.3 is 5.32 Å². The maximum absolute atomic E-state index is 12.2. The first-order chi connectivity index (χ1) is 10.0. The molecule has 1 amide bonds. The quantitative estimate of drug-likeness (QED) is 0.846. The SMILES string of the molecule is CSc1ccc(C(=O)NCC(C)(C)N2CCCCC2)cc1. The first-order valence-corrected chi connectivity index (χ1v) is 8.93. The third-order valence-corrected chi connectivity index (χ3v) is 4.99. The lowest BCUT2D eigenvalue weighted by molar-refractivity contribution is 0.0797. The molecule has 1 aliphatic heterocycles. The number of amides is 1. The highest BCUT2D eigenvalue weighted by molar-refractivity contribution is 7.98. The molecule has 0 aliphatic carbocycles. The fraction of sp³-hybridized carbons (Fsp3) is 0.588. The molecule has 1 aromatic carbocycles. The van der Waals surface area contributed by atoms with Gasteiger partial charge in [-0.15, -0.1) is 11.8 Å². The molecule has 1 heterocycles. The smallest absolute Gasteiger partial charge is 0.251 e. The van der Waals surface area contributed by atoms with Gasteiger partial charge in [-0.1, -0.05) is 6.42 Å². The van der Waals surface area contributed by atoms with Gasteiger partial charge in [0.05, 0.1) is 0 Å². The van der Waals surface area contributed by atoms with Crippen molar-refractivity contribution < 1.29 is 4.79 Å². The van der Waals surface area contributed by atoms with Crippen molar-refractivity contribution in [1.29, 1.82) is 0 Å². The van der Waals surface area contributed by atoms with Gasteiger partial charge in [-0.05, 0) is 70.3 Å². The zero-order valence-corrected chi connectivity index (χ0v) is 14.1. The van der Waals surface area contributed by atoms with Crippen molar-refractivity contribution in [2.45, 2.75) is 43.5 Å². The molecule has 1 fully saturated rings. The summed E-state index contributed by atoms with van der Waals surface area (Å²) in [5, 5.41) is 3.09. The molecular formula is C17H26N2OS. The van der Waals surface area contributed by atoms with E-state index < -0.39 is 0 Å². The lowest BCUT2D eigenvalue weighted by atomic mass is 9.98. The zero-order valence-electron chi connectivity index (χ0n) is 13.3. The van der Waals surface area contributed by atoms with Crippen molar-refractivity contribution in [2.24, 2.45) is 0 Å². The number of carbonyl (C=O) groups excluding carboxylic acids is 1. The first-order valence-electron chi connectivity index (χ1n) is 7.70. The summed E-state index contributed by atoms with van der Waals surface area (Å²) >= 11 is 1.69. The van der Waals surface area contributed by atoms with E-state index in [1.807, 2.05) is 30.5 Å². The number of carbonyl (C=O) groups is 1. The highest BCUT2D eigenvalue weighted by Crippen LogP contribution is 2.20. The minimum Gasteiger partial charge on any atom is -0.350 e. The van der Waals surface area contributed by atoms with Gasteiger partial charge in [-0.2, -0.15) is 0 Å². The fourth-order valence-electron chi connectivity index (χ4n) is 2.75. The molecule has 4 heteroatoms. The fourth-order valence-corrected chi connectivity index (χ4v) is 3.16. The first kappa shape index (κ1) is 16.4. The average Bonchev–Trinajstić information content (AvgIpc) is 2.53. The van der Waals surface area contributed by atoms with Crippen molar-refractivity contribution >= 4 is 17.7 Å². The molecule has 0 bridgehead atoms. The van der Waals surface area contributed by atoms with Gasteiger partial charge in [0.25, 0.3) is 5.91 Å². The number of piperidine rings is 1. The summed E-state index contributed by atoms with van der Waals surface area (Å²) in [4.78, 5) is 15.9. The lowest BCUT2D eigenvalue weighted by Gasteiger charge is -2.41. The van der Waals surface area contributed by atoms with Crippen LogP contribution in [0.3, 0.4) is 0 Å². The monoisotopic (exact) mass is 306 g/mol. The van der Waals surface area contributed by atoms with Gasteiger partial charge in [-0.25, -0.2) is 0 Å². The number of hydrogen-bond acceptors (Lipinski definition) is 3. The van der Waals surface area contributed by atoms with E-state index in [1.165, 1.54) is 24.2 Å². The molecule has 0 spiro atoms. The van der Waals surface area contributed by atoms with E-state index in [-0.39, 0.29) is 11.4 Å². The second-order valence-corrected chi connectivity index (χ2v) is 7.15. The molecule has 0 aromatic heterocycles. The summed E-state index contributed by atoms with van der Waals surface area (Å²) in [6.45, 7) is 7.41. The molecule has 21 heavy (non-hydrogen) atoms. The van der Waals surface area contributed by atoms with Crippen LogP contribution in [0.1, 0.15) is 43.5 Å². The standard InChI is InChI=1S/C17H26N2OS/c1-17(2,19-11-5-4-6-12-19)13-18-16(20)14-7-9-15(21-3)10-8-14/h7-10H,4-6,11-13H2,1-3H3,(H,18,20). The topological polar surface area (TPSA) is 32.3 Å². The molecule has 1 N–H and O–H groups in total. The van der Waals surface area contributed by atoms with Crippen LogP contribution in [-0.4, -0.2) is 42.2 Å². The molecule has 0 saturated carbocycles. The highest BCUT2D eigenvalue weighted by atomic mass is 32.2. The maximum atomic E-state index is 12.2. The van der Waals surface area contributed by atoms with E-state index in [0.29, 0.717) is 6.54 Å². The number of benzene rings is 1. The molecule has 1 saturated heterocycles. The van der Waals surface area contributed by atoms with E-state index in [2.05, 4.69) is 24.1 Å². The number of nitrogens with zero attached hydrogens (tertiary/aromatic N) is 1. The highest BCUT2D eigenvalue weighted by Gasteiger charge is 2.28.